The molecule has 0 atom stereocenters. The quantitative estimate of drug-likeness (QED) is 0.919. The molecule has 0 amide bonds. The van der Waals surface area contributed by atoms with Gasteiger partial charge >= 0.3 is 0 Å². The van der Waals surface area contributed by atoms with E-state index in [1.807, 2.05) is 6.92 Å². The fourth-order valence-electron chi connectivity index (χ4n) is 1.81. The van der Waals surface area contributed by atoms with Gasteiger partial charge in [0.05, 0.1) is 11.1 Å². The van der Waals surface area contributed by atoms with Gasteiger partial charge in [0.1, 0.15) is 0 Å². The maximum Gasteiger partial charge on any atom is 0.264 e. The Morgan fingerprint density at radius 2 is 2.25 bits per heavy atom. The second kappa shape index (κ2) is 4.73. The highest BCUT2D eigenvalue weighted by Crippen LogP contribution is 2.49. The van der Waals surface area contributed by atoms with Gasteiger partial charge in [-0.25, -0.2) is 4.39 Å². The molecule has 106 valence electrons. The minimum absolute atomic E-state index is 0.00322. The summed E-state index contributed by atoms with van der Waals surface area (Å²) >= 11 is 3.23. The standard InChI is InChI=1S/C13H12BrFN2O3/c1-2-19-9-6-7(5-8(14)10(9)18)11-16-12(20-17-11)13(15)3-4-13/h5-6,18H,2-4H2,1H3. The molecule has 0 unspecified atom stereocenters. The van der Waals surface area contributed by atoms with Crippen LogP contribution in [0.2, 0.25) is 0 Å². The molecule has 0 aliphatic heterocycles. The SMILES string of the molecule is CCOc1cc(-c2noc(C3(F)CC3)n2)cc(Br)c1O. The van der Waals surface area contributed by atoms with E-state index in [4.69, 9.17) is 9.26 Å². The number of alkyl halides is 1. The molecule has 1 aromatic carbocycles. The summed E-state index contributed by atoms with van der Waals surface area (Å²) in [5, 5.41) is 13.6. The third kappa shape index (κ3) is 2.26. The van der Waals surface area contributed by atoms with E-state index in [9.17, 15) is 9.50 Å². The lowest BCUT2D eigenvalue weighted by atomic mass is 10.2. The summed E-state index contributed by atoms with van der Waals surface area (Å²) in [4.78, 5) is 4.08. The molecular weight excluding hydrogens is 331 g/mol. The summed E-state index contributed by atoms with van der Waals surface area (Å²) in [5.41, 5.74) is -0.875. The van der Waals surface area contributed by atoms with Crippen LogP contribution in [0.3, 0.4) is 0 Å². The lowest BCUT2D eigenvalue weighted by Gasteiger charge is -2.08. The molecule has 5 nitrogen and oxygen atoms in total. The van der Waals surface area contributed by atoms with Gasteiger partial charge in [-0.05, 0) is 47.8 Å². The van der Waals surface area contributed by atoms with Gasteiger partial charge in [-0.3, -0.25) is 0 Å². The van der Waals surface area contributed by atoms with Gasteiger partial charge in [0.2, 0.25) is 5.82 Å². The van der Waals surface area contributed by atoms with Crippen molar-refractivity contribution < 1.29 is 18.8 Å². The number of nitrogens with zero attached hydrogens (tertiary/aromatic N) is 2. The van der Waals surface area contributed by atoms with Crippen molar-refractivity contribution in [2.45, 2.75) is 25.4 Å². The zero-order chi connectivity index (χ0) is 14.3. The topological polar surface area (TPSA) is 68.4 Å². The molecular formula is C13H12BrFN2O3. The molecule has 7 heteroatoms. The van der Waals surface area contributed by atoms with E-state index in [1.165, 1.54) is 0 Å². The number of halogens is 2. The van der Waals surface area contributed by atoms with Crippen molar-refractivity contribution in [3.05, 3.63) is 22.5 Å². The Hall–Kier alpha value is -1.63. The monoisotopic (exact) mass is 342 g/mol. The van der Waals surface area contributed by atoms with E-state index in [0.717, 1.165) is 0 Å². The Bertz CT molecular complexity index is 655. The molecule has 1 aliphatic carbocycles. The number of phenolic OH excluding ortho intramolecular Hbond substituents is 1. The zero-order valence-electron chi connectivity index (χ0n) is 10.7. The van der Waals surface area contributed by atoms with Crippen LogP contribution in [-0.4, -0.2) is 21.9 Å². The predicted octanol–water partition coefficient (Wildman–Crippen LogP) is 3.56. The fraction of sp³-hybridized carbons (Fsp3) is 0.385. The van der Waals surface area contributed by atoms with Gasteiger partial charge in [-0.15, -0.1) is 0 Å². The van der Waals surface area contributed by atoms with Crippen molar-refractivity contribution in [1.82, 2.24) is 10.1 Å². The third-order valence-electron chi connectivity index (χ3n) is 3.08. The first-order valence-corrected chi connectivity index (χ1v) is 7.01. The number of aromatic hydroxyl groups is 1. The van der Waals surface area contributed by atoms with Crippen LogP contribution in [-0.2, 0) is 5.67 Å². The van der Waals surface area contributed by atoms with Crippen LogP contribution < -0.4 is 4.74 Å². The molecule has 3 rings (SSSR count). The van der Waals surface area contributed by atoms with E-state index in [2.05, 4.69) is 26.1 Å². The molecule has 0 bridgehead atoms. The van der Waals surface area contributed by atoms with E-state index >= 15 is 0 Å². The van der Waals surface area contributed by atoms with Gasteiger partial charge < -0.3 is 14.4 Å². The first-order chi connectivity index (χ1) is 9.53. The second-order valence-electron chi connectivity index (χ2n) is 4.63. The van der Waals surface area contributed by atoms with Crippen LogP contribution in [0.5, 0.6) is 11.5 Å². The van der Waals surface area contributed by atoms with Crippen LogP contribution >= 0.6 is 15.9 Å². The van der Waals surface area contributed by atoms with Crippen LogP contribution in [0.4, 0.5) is 4.39 Å². The summed E-state index contributed by atoms with van der Waals surface area (Å²) in [7, 11) is 0. The molecule has 1 N–H and O–H groups in total. The number of benzene rings is 1. The summed E-state index contributed by atoms with van der Waals surface area (Å²) in [6.45, 7) is 2.22. The molecule has 1 fully saturated rings. The predicted molar refractivity (Wildman–Crippen MR) is 72.3 cm³/mol. The molecule has 1 heterocycles. The van der Waals surface area contributed by atoms with Crippen molar-refractivity contribution in [3.8, 4) is 22.9 Å². The Morgan fingerprint density at radius 3 is 2.90 bits per heavy atom. The summed E-state index contributed by atoms with van der Waals surface area (Å²) < 4.78 is 24.6. The molecule has 1 aromatic heterocycles. The van der Waals surface area contributed by atoms with Crippen LogP contribution in [0.1, 0.15) is 25.7 Å². The molecule has 1 saturated carbocycles. The Balaban J connectivity index is 1.99. The minimum atomic E-state index is -1.46. The summed E-state index contributed by atoms with van der Waals surface area (Å²) in [6.07, 6.45) is 0.830. The van der Waals surface area contributed by atoms with Crippen LogP contribution in [0, 0.1) is 0 Å². The number of phenols is 1. The summed E-state index contributed by atoms with van der Waals surface area (Å²) in [6, 6.07) is 3.22. The van der Waals surface area contributed by atoms with Crippen molar-refractivity contribution >= 4 is 15.9 Å². The Labute approximate surface area is 122 Å². The van der Waals surface area contributed by atoms with Gasteiger partial charge in [-0.2, -0.15) is 4.98 Å². The number of hydrogen-bond acceptors (Lipinski definition) is 5. The average molecular weight is 343 g/mol. The molecule has 20 heavy (non-hydrogen) atoms. The lowest BCUT2D eigenvalue weighted by molar-refractivity contribution is 0.226. The van der Waals surface area contributed by atoms with Crippen molar-refractivity contribution in [2.75, 3.05) is 6.61 Å². The number of rotatable bonds is 4. The van der Waals surface area contributed by atoms with Gasteiger partial charge in [-0.1, -0.05) is 5.16 Å². The maximum absolute atomic E-state index is 13.8. The third-order valence-corrected chi connectivity index (χ3v) is 3.69. The highest BCUT2D eigenvalue weighted by atomic mass is 79.9. The zero-order valence-corrected chi connectivity index (χ0v) is 12.3. The normalized spacial score (nSPS) is 16.1. The lowest BCUT2D eigenvalue weighted by Crippen LogP contribution is -1.97. The van der Waals surface area contributed by atoms with Crippen molar-refractivity contribution in [2.24, 2.45) is 0 Å². The first kappa shape index (κ1) is 13.4. The first-order valence-electron chi connectivity index (χ1n) is 6.22. The largest absolute Gasteiger partial charge is 0.503 e. The average Bonchev–Trinajstić information content (AvgIpc) is 2.98. The highest BCUT2D eigenvalue weighted by Gasteiger charge is 2.50. The van der Waals surface area contributed by atoms with Crippen molar-refractivity contribution in [3.63, 3.8) is 0 Å². The molecule has 2 aromatic rings. The van der Waals surface area contributed by atoms with Crippen LogP contribution in [0.15, 0.2) is 21.1 Å². The minimum Gasteiger partial charge on any atom is -0.503 e. The maximum atomic E-state index is 13.8. The molecule has 0 spiro atoms. The number of aromatic nitrogens is 2. The van der Waals surface area contributed by atoms with E-state index in [1.54, 1.807) is 12.1 Å². The molecule has 0 radical (unpaired) electrons. The Kier molecular flexibility index (Phi) is 3.16. The van der Waals surface area contributed by atoms with Gasteiger partial charge in [0.25, 0.3) is 5.89 Å². The van der Waals surface area contributed by atoms with Gasteiger partial charge in [0, 0.05) is 5.56 Å². The van der Waals surface area contributed by atoms with E-state index in [-0.39, 0.29) is 17.5 Å². The Morgan fingerprint density at radius 1 is 1.50 bits per heavy atom. The fourth-order valence-corrected chi connectivity index (χ4v) is 2.26. The highest BCUT2D eigenvalue weighted by molar-refractivity contribution is 9.10. The number of hydrogen-bond donors (Lipinski definition) is 1. The number of ether oxygens (including phenoxy) is 1. The molecule has 1 aliphatic rings. The van der Waals surface area contributed by atoms with Gasteiger partial charge in [0.15, 0.2) is 17.2 Å². The van der Waals surface area contributed by atoms with Crippen LogP contribution in [0.25, 0.3) is 11.4 Å². The second-order valence-corrected chi connectivity index (χ2v) is 5.48. The smallest absolute Gasteiger partial charge is 0.264 e. The van der Waals surface area contributed by atoms with E-state index in [0.29, 0.717) is 35.2 Å². The van der Waals surface area contributed by atoms with Crippen molar-refractivity contribution in [1.29, 1.82) is 0 Å². The summed E-state index contributed by atoms with van der Waals surface area (Å²) in [5.74, 6) is 0.591. The molecule has 0 saturated heterocycles. The van der Waals surface area contributed by atoms with E-state index < -0.39 is 5.67 Å².